The fourth-order valence-corrected chi connectivity index (χ4v) is 1.33. The van der Waals surface area contributed by atoms with Gasteiger partial charge in [0.05, 0.1) is 6.61 Å². The van der Waals surface area contributed by atoms with Crippen LogP contribution in [0.1, 0.15) is 24.1 Å². The Hall–Kier alpha value is -1.55. The zero-order valence-electron chi connectivity index (χ0n) is 8.86. The number of nitrogens with two attached hydrogens (primary N) is 1. The van der Waals surface area contributed by atoms with Gasteiger partial charge in [-0.2, -0.15) is 0 Å². The topological polar surface area (TPSA) is 72.5 Å². The van der Waals surface area contributed by atoms with E-state index in [4.69, 9.17) is 15.6 Å². The van der Waals surface area contributed by atoms with Gasteiger partial charge in [-0.3, -0.25) is 4.79 Å². The fraction of sp³-hybridized carbons (Fsp3) is 0.364. The number of hydrogen-bond acceptors (Lipinski definition) is 3. The smallest absolute Gasteiger partial charge is 0.325 e. The van der Waals surface area contributed by atoms with Crippen molar-refractivity contribution in [1.29, 1.82) is 0 Å². The summed E-state index contributed by atoms with van der Waals surface area (Å²) < 4.78 is 5.32. The second-order valence-electron chi connectivity index (χ2n) is 3.29. The van der Waals surface area contributed by atoms with E-state index in [-0.39, 0.29) is 0 Å². The van der Waals surface area contributed by atoms with E-state index < -0.39 is 12.0 Å². The molecule has 1 unspecified atom stereocenters. The molecule has 3 N–H and O–H groups in total. The summed E-state index contributed by atoms with van der Waals surface area (Å²) in [5.74, 6) is -0.514. The molecule has 0 saturated carbocycles. The van der Waals surface area contributed by atoms with Crippen LogP contribution in [-0.4, -0.2) is 17.7 Å². The maximum atomic E-state index is 10.8. The molecule has 0 aliphatic carbocycles. The molecule has 0 radical (unpaired) electrons. The Kier molecular flexibility index (Phi) is 3.68. The second-order valence-corrected chi connectivity index (χ2v) is 3.29. The van der Waals surface area contributed by atoms with E-state index in [2.05, 4.69) is 0 Å². The number of aliphatic carboxylic acids is 1. The molecule has 0 bridgehead atoms. The van der Waals surface area contributed by atoms with E-state index in [1.807, 2.05) is 19.9 Å². The molecule has 0 aliphatic rings. The van der Waals surface area contributed by atoms with Crippen LogP contribution in [0.25, 0.3) is 0 Å². The highest BCUT2D eigenvalue weighted by atomic mass is 16.5. The molecule has 0 aromatic heterocycles. The fourth-order valence-electron chi connectivity index (χ4n) is 1.33. The van der Waals surface area contributed by atoms with E-state index in [1.54, 1.807) is 12.1 Å². The van der Waals surface area contributed by atoms with Gasteiger partial charge in [0.1, 0.15) is 11.8 Å². The van der Waals surface area contributed by atoms with Crippen molar-refractivity contribution >= 4 is 5.97 Å². The summed E-state index contributed by atoms with van der Waals surface area (Å²) in [7, 11) is 0. The van der Waals surface area contributed by atoms with Gasteiger partial charge in [-0.05, 0) is 19.9 Å². The van der Waals surface area contributed by atoms with Gasteiger partial charge in [0.25, 0.3) is 0 Å². The number of carbonyl (C=O) groups is 1. The van der Waals surface area contributed by atoms with Gasteiger partial charge in [-0.25, -0.2) is 0 Å². The molecule has 0 fully saturated rings. The monoisotopic (exact) mass is 209 g/mol. The van der Waals surface area contributed by atoms with Gasteiger partial charge in [0, 0.05) is 5.56 Å². The van der Waals surface area contributed by atoms with Crippen molar-refractivity contribution < 1.29 is 14.6 Å². The van der Waals surface area contributed by atoms with Gasteiger partial charge in [0.15, 0.2) is 0 Å². The Morgan fingerprint density at radius 1 is 1.60 bits per heavy atom. The van der Waals surface area contributed by atoms with Gasteiger partial charge in [0.2, 0.25) is 0 Å². The molecular formula is C11H15NO3. The zero-order chi connectivity index (χ0) is 11.4. The molecule has 0 saturated heterocycles. The first-order valence-electron chi connectivity index (χ1n) is 4.78. The largest absolute Gasteiger partial charge is 0.494 e. The standard InChI is InChI=1S/C11H15NO3/c1-3-15-9-5-4-7(2)6-8(9)10(12)11(13)14/h4-6,10H,3,12H2,1-2H3,(H,13,14). The van der Waals surface area contributed by atoms with Crippen LogP contribution in [0.3, 0.4) is 0 Å². The van der Waals surface area contributed by atoms with E-state index >= 15 is 0 Å². The first-order valence-corrected chi connectivity index (χ1v) is 4.78. The van der Waals surface area contributed by atoms with Gasteiger partial charge in [-0.15, -0.1) is 0 Å². The summed E-state index contributed by atoms with van der Waals surface area (Å²) in [6, 6.07) is 4.32. The molecular weight excluding hydrogens is 194 g/mol. The van der Waals surface area contributed by atoms with Crippen LogP contribution in [-0.2, 0) is 4.79 Å². The van der Waals surface area contributed by atoms with Crippen LogP contribution in [0.4, 0.5) is 0 Å². The van der Waals surface area contributed by atoms with Crippen LogP contribution in [0.5, 0.6) is 5.75 Å². The van der Waals surface area contributed by atoms with Gasteiger partial charge < -0.3 is 15.6 Å². The van der Waals surface area contributed by atoms with Crippen molar-refractivity contribution in [3.05, 3.63) is 29.3 Å². The molecule has 0 spiro atoms. The summed E-state index contributed by atoms with van der Waals surface area (Å²) >= 11 is 0. The lowest BCUT2D eigenvalue weighted by Crippen LogP contribution is -2.21. The minimum atomic E-state index is -1.05. The molecule has 1 aromatic carbocycles. The first-order chi connectivity index (χ1) is 7.06. The molecule has 4 heteroatoms. The summed E-state index contributed by atoms with van der Waals surface area (Å²) in [4.78, 5) is 10.8. The average Bonchev–Trinajstić information content (AvgIpc) is 2.20. The lowest BCUT2D eigenvalue weighted by atomic mass is 10.0. The molecule has 82 valence electrons. The SMILES string of the molecule is CCOc1ccc(C)cc1C(N)C(=O)O. The number of ether oxygens (including phenoxy) is 1. The molecule has 4 nitrogen and oxygen atoms in total. The van der Waals surface area contributed by atoms with Crippen LogP contribution in [0, 0.1) is 6.92 Å². The number of carboxylic acids is 1. The molecule has 15 heavy (non-hydrogen) atoms. The Labute approximate surface area is 88.7 Å². The number of carboxylic acid groups (broad SMARTS) is 1. The van der Waals surface area contributed by atoms with Crippen LogP contribution < -0.4 is 10.5 Å². The maximum absolute atomic E-state index is 10.8. The Morgan fingerprint density at radius 2 is 2.27 bits per heavy atom. The Bertz CT molecular complexity index is 363. The highest BCUT2D eigenvalue weighted by Gasteiger charge is 2.18. The number of aryl methyl sites for hydroxylation is 1. The molecule has 1 atom stereocenters. The number of hydrogen-bond donors (Lipinski definition) is 2. The third kappa shape index (κ3) is 2.70. The quantitative estimate of drug-likeness (QED) is 0.787. The predicted molar refractivity (Wildman–Crippen MR) is 56.9 cm³/mol. The minimum absolute atomic E-state index is 0.488. The van der Waals surface area contributed by atoms with Crippen molar-refractivity contribution in [2.75, 3.05) is 6.61 Å². The third-order valence-corrected chi connectivity index (χ3v) is 2.07. The minimum Gasteiger partial charge on any atom is -0.494 e. The van der Waals surface area contributed by atoms with E-state index in [0.29, 0.717) is 17.9 Å². The first kappa shape index (κ1) is 11.5. The van der Waals surface area contributed by atoms with Crippen LogP contribution in [0.15, 0.2) is 18.2 Å². The summed E-state index contributed by atoms with van der Waals surface area (Å²) in [6.45, 7) is 4.21. The third-order valence-electron chi connectivity index (χ3n) is 2.07. The number of benzene rings is 1. The summed E-state index contributed by atoms with van der Waals surface area (Å²) in [5, 5.41) is 8.84. The normalized spacial score (nSPS) is 12.2. The summed E-state index contributed by atoms with van der Waals surface area (Å²) in [5.41, 5.74) is 7.04. The van der Waals surface area contributed by atoms with Gasteiger partial charge in [-0.1, -0.05) is 17.7 Å². The van der Waals surface area contributed by atoms with Crippen molar-refractivity contribution in [2.45, 2.75) is 19.9 Å². The van der Waals surface area contributed by atoms with E-state index in [0.717, 1.165) is 5.56 Å². The molecule has 1 aromatic rings. The van der Waals surface area contributed by atoms with E-state index in [1.165, 1.54) is 0 Å². The number of rotatable bonds is 4. The molecule has 0 amide bonds. The summed E-state index contributed by atoms with van der Waals surface area (Å²) in [6.07, 6.45) is 0. The lowest BCUT2D eigenvalue weighted by molar-refractivity contribution is -0.138. The molecule has 0 heterocycles. The maximum Gasteiger partial charge on any atom is 0.325 e. The average molecular weight is 209 g/mol. The van der Waals surface area contributed by atoms with Crippen molar-refractivity contribution in [1.82, 2.24) is 0 Å². The highest BCUT2D eigenvalue weighted by Crippen LogP contribution is 2.25. The van der Waals surface area contributed by atoms with Crippen molar-refractivity contribution in [3.63, 3.8) is 0 Å². The van der Waals surface area contributed by atoms with E-state index in [9.17, 15) is 4.79 Å². The second kappa shape index (κ2) is 4.79. The zero-order valence-corrected chi connectivity index (χ0v) is 8.86. The van der Waals surface area contributed by atoms with Crippen LogP contribution in [0.2, 0.25) is 0 Å². The Morgan fingerprint density at radius 3 is 2.80 bits per heavy atom. The Balaban J connectivity index is 3.11. The van der Waals surface area contributed by atoms with Gasteiger partial charge >= 0.3 is 5.97 Å². The van der Waals surface area contributed by atoms with Crippen molar-refractivity contribution in [3.8, 4) is 5.75 Å². The molecule has 0 aliphatic heterocycles. The van der Waals surface area contributed by atoms with Crippen LogP contribution >= 0.6 is 0 Å². The van der Waals surface area contributed by atoms with Crippen molar-refractivity contribution in [2.24, 2.45) is 5.73 Å². The predicted octanol–water partition coefficient (Wildman–Crippen LogP) is 1.48. The highest BCUT2D eigenvalue weighted by molar-refractivity contribution is 5.76. The molecule has 1 rings (SSSR count). The lowest BCUT2D eigenvalue weighted by Gasteiger charge is -2.13.